The van der Waals surface area contributed by atoms with Crippen LogP contribution in [0.3, 0.4) is 0 Å². The summed E-state index contributed by atoms with van der Waals surface area (Å²) in [7, 11) is 1.50. The Balaban J connectivity index is 1.88. The Kier molecular flexibility index (Phi) is 4.05. The van der Waals surface area contributed by atoms with Crippen LogP contribution in [-0.2, 0) is 0 Å². The summed E-state index contributed by atoms with van der Waals surface area (Å²) in [5, 5.41) is 6.57. The van der Waals surface area contributed by atoms with Crippen LogP contribution in [-0.4, -0.2) is 22.8 Å². The summed E-state index contributed by atoms with van der Waals surface area (Å²) < 4.78 is 20.7. The number of carbonyl (C=O) groups is 1. The van der Waals surface area contributed by atoms with Crippen molar-refractivity contribution in [3.8, 4) is 11.4 Å². The maximum absolute atomic E-state index is 14.5. The van der Waals surface area contributed by atoms with Crippen LogP contribution in [0.5, 0.6) is 5.75 Å². The number of carbonyl (C=O) groups excluding carboxylic acids is 1. The Morgan fingerprint density at radius 1 is 1.13 bits per heavy atom. The molecular weight excluding hydrogens is 297 g/mol. The van der Waals surface area contributed by atoms with Crippen LogP contribution in [0, 0.1) is 5.95 Å². The van der Waals surface area contributed by atoms with E-state index in [2.05, 4.69) is 10.4 Å². The normalized spacial score (nSPS) is 10.3. The Labute approximate surface area is 132 Å². The molecule has 0 unspecified atom stereocenters. The summed E-state index contributed by atoms with van der Waals surface area (Å²) in [6.07, 6.45) is 1.20. The first-order chi connectivity index (χ1) is 11.2. The zero-order valence-electron chi connectivity index (χ0n) is 12.4. The second-order valence-electron chi connectivity index (χ2n) is 4.75. The zero-order valence-corrected chi connectivity index (χ0v) is 12.4. The molecule has 1 heterocycles. The third kappa shape index (κ3) is 2.91. The fourth-order valence-corrected chi connectivity index (χ4v) is 2.17. The molecule has 6 heteroatoms. The van der Waals surface area contributed by atoms with Gasteiger partial charge in [-0.1, -0.05) is 30.3 Å². The molecule has 116 valence electrons. The van der Waals surface area contributed by atoms with E-state index < -0.39 is 11.9 Å². The lowest BCUT2D eigenvalue weighted by Gasteiger charge is -2.09. The first kappa shape index (κ1) is 14.8. The molecule has 3 aromatic rings. The fraction of sp³-hybridized carbons (Fsp3) is 0.0588. The van der Waals surface area contributed by atoms with Gasteiger partial charge >= 0.3 is 0 Å². The number of anilines is 1. The maximum atomic E-state index is 14.5. The van der Waals surface area contributed by atoms with Crippen molar-refractivity contribution in [2.75, 3.05) is 12.4 Å². The van der Waals surface area contributed by atoms with Crippen LogP contribution in [0.25, 0.3) is 5.69 Å². The molecule has 23 heavy (non-hydrogen) atoms. The Morgan fingerprint density at radius 2 is 1.83 bits per heavy atom. The Bertz CT molecular complexity index is 831. The molecule has 0 spiro atoms. The number of aromatic nitrogens is 2. The fourth-order valence-electron chi connectivity index (χ4n) is 2.17. The number of nitrogens with one attached hydrogen (secondary N) is 1. The number of hydrogen-bond donors (Lipinski definition) is 1. The number of hydrogen-bond acceptors (Lipinski definition) is 3. The van der Waals surface area contributed by atoms with E-state index in [-0.39, 0.29) is 5.56 Å². The number of halogens is 1. The lowest BCUT2D eigenvalue weighted by atomic mass is 10.2. The van der Waals surface area contributed by atoms with Crippen molar-refractivity contribution in [2.24, 2.45) is 0 Å². The molecule has 0 bridgehead atoms. The van der Waals surface area contributed by atoms with E-state index in [1.807, 2.05) is 6.07 Å². The van der Waals surface area contributed by atoms with Gasteiger partial charge < -0.3 is 10.1 Å². The predicted octanol–water partition coefficient (Wildman–Crippen LogP) is 3.27. The van der Waals surface area contributed by atoms with E-state index in [9.17, 15) is 9.18 Å². The van der Waals surface area contributed by atoms with Crippen LogP contribution in [0.1, 0.15) is 10.4 Å². The van der Waals surface area contributed by atoms with E-state index in [1.165, 1.54) is 13.3 Å². The lowest BCUT2D eigenvalue weighted by Crippen LogP contribution is -2.14. The SMILES string of the molecule is COc1ccccc1NC(=O)c1cnn(-c2ccccc2)c1F. The number of amides is 1. The van der Waals surface area contributed by atoms with Crippen LogP contribution < -0.4 is 10.1 Å². The molecule has 5 nitrogen and oxygen atoms in total. The van der Waals surface area contributed by atoms with E-state index in [0.717, 1.165) is 4.68 Å². The first-order valence-corrected chi connectivity index (χ1v) is 6.94. The molecule has 0 fully saturated rings. The molecule has 3 rings (SSSR count). The minimum absolute atomic E-state index is 0.139. The molecule has 0 saturated carbocycles. The van der Waals surface area contributed by atoms with Crippen molar-refractivity contribution in [3.63, 3.8) is 0 Å². The maximum Gasteiger partial charge on any atom is 0.262 e. The number of nitrogens with zero attached hydrogens (tertiary/aromatic N) is 2. The molecule has 1 amide bonds. The average Bonchev–Trinajstić information content (AvgIpc) is 2.98. The van der Waals surface area contributed by atoms with Crippen molar-refractivity contribution >= 4 is 11.6 Å². The van der Waals surface area contributed by atoms with Crippen LogP contribution >= 0.6 is 0 Å². The monoisotopic (exact) mass is 311 g/mol. The predicted molar refractivity (Wildman–Crippen MR) is 84.5 cm³/mol. The number of para-hydroxylation sites is 3. The second kappa shape index (κ2) is 6.31. The average molecular weight is 311 g/mol. The highest BCUT2D eigenvalue weighted by Crippen LogP contribution is 2.24. The second-order valence-corrected chi connectivity index (χ2v) is 4.75. The van der Waals surface area contributed by atoms with Gasteiger partial charge in [0.2, 0.25) is 5.95 Å². The van der Waals surface area contributed by atoms with Gasteiger partial charge in [-0.15, -0.1) is 0 Å². The summed E-state index contributed by atoms with van der Waals surface area (Å²) in [6.45, 7) is 0. The molecule has 1 N–H and O–H groups in total. The van der Waals surface area contributed by atoms with Crippen molar-refractivity contribution < 1.29 is 13.9 Å². The molecule has 0 atom stereocenters. The summed E-state index contributed by atoms with van der Waals surface area (Å²) >= 11 is 0. The Hall–Kier alpha value is -3.15. The molecular formula is C17H14FN3O2. The molecule has 0 aliphatic heterocycles. The number of rotatable bonds is 4. The summed E-state index contributed by atoms with van der Waals surface area (Å²) in [5.74, 6) is -0.811. The van der Waals surface area contributed by atoms with Gasteiger partial charge in [0.15, 0.2) is 0 Å². The molecule has 0 radical (unpaired) electrons. The van der Waals surface area contributed by atoms with Crippen LogP contribution in [0.2, 0.25) is 0 Å². The van der Waals surface area contributed by atoms with Gasteiger partial charge in [0, 0.05) is 0 Å². The lowest BCUT2D eigenvalue weighted by molar-refractivity contribution is 0.102. The van der Waals surface area contributed by atoms with Crippen molar-refractivity contribution in [2.45, 2.75) is 0 Å². The number of benzene rings is 2. The quantitative estimate of drug-likeness (QED) is 0.804. The minimum Gasteiger partial charge on any atom is -0.495 e. The zero-order chi connectivity index (χ0) is 16.2. The van der Waals surface area contributed by atoms with Gasteiger partial charge in [0.05, 0.1) is 24.7 Å². The molecule has 0 saturated heterocycles. The Morgan fingerprint density at radius 3 is 2.57 bits per heavy atom. The summed E-state index contributed by atoms with van der Waals surface area (Å²) in [6, 6.07) is 15.7. The highest BCUT2D eigenvalue weighted by Gasteiger charge is 2.19. The van der Waals surface area contributed by atoms with Gasteiger partial charge in [-0.25, -0.2) is 4.68 Å². The number of methoxy groups -OCH3 is 1. The standard InChI is InChI=1S/C17H14FN3O2/c1-23-15-10-6-5-9-14(15)20-17(22)13-11-19-21(16(13)18)12-7-3-2-4-8-12/h2-11H,1H3,(H,20,22). The largest absolute Gasteiger partial charge is 0.495 e. The van der Waals surface area contributed by atoms with Crippen molar-refractivity contribution in [3.05, 3.63) is 72.3 Å². The topological polar surface area (TPSA) is 56.1 Å². The summed E-state index contributed by atoms with van der Waals surface area (Å²) in [4.78, 5) is 12.3. The smallest absolute Gasteiger partial charge is 0.262 e. The number of ether oxygens (including phenoxy) is 1. The summed E-state index contributed by atoms with van der Waals surface area (Å²) in [5.41, 5.74) is 0.868. The van der Waals surface area contributed by atoms with Crippen molar-refractivity contribution in [1.82, 2.24) is 9.78 Å². The highest BCUT2D eigenvalue weighted by molar-refractivity contribution is 6.04. The highest BCUT2D eigenvalue weighted by atomic mass is 19.1. The minimum atomic E-state index is -0.719. The molecule has 0 aliphatic rings. The van der Waals surface area contributed by atoms with E-state index in [4.69, 9.17) is 4.74 Å². The molecule has 2 aromatic carbocycles. The van der Waals surface area contributed by atoms with Gasteiger partial charge in [-0.3, -0.25) is 4.79 Å². The third-order valence-corrected chi connectivity index (χ3v) is 3.31. The van der Waals surface area contributed by atoms with Crippen LogP contribution in [0.4, 0.5) is 10.1 Å². The van der Waals surface area contributed by atoms with Gasteiger partial charge in [0.25, 0.3) is 5.91 Å². The van der Waals surface area contributed by atoms with Gasteiger partial charge in [-0.05, 0) is 24.3 Å². The third-order valence-electron chi connectivity index (χ3n) is 3.31. The van der Waals surface area contributed by atoms with E-state index in [1.54, 1.807) is 48.5 Å². The van der Waals surface area contributed by atoms with E-state index in [0.29, 0.717) is 17.1 Å². The van der Waals surface area contributed by atoms with Crippen molar-refractivity contribution in [1.29, 1.82) is 0 Å². The molecule has 1 aromatic heterocycles. The first-order valence-electron chi connectivity index (χ1n) is 6.94. The molecule has 0 aliphatic carbocycles. The van der Waals surface area contributed by atoms with Gasteiger partial charge in [0.1, 0.15) is 11.3 Å². The van der Waals surface area contributed by atoms with Gasteiger partial charge in [-0.2, -0.15) is 9.49 Å². The van der Waals surface area contributed by atoms with E-state index >= 15 is 0 Å². The van der Waals surface area contributed by atoms with Crippen LogP contribution in [0.15, 0.2) is 60.8 Å².